The molecule has 5 nitrogen and oxygen atoms in total. The van der Waals surface area contributed by atoms with Crippen molar-refractivity contribution in [3.63, 3.8) is 0 Å². The van der Waals surface area contributed by atoms with Crippen LogP contribution in [0.2, 0.25) is 0 Å². The third-order valence-corrected chi connectivity index (χ3v) is 3.65. The molecule has 0 fully saturated rings. The molecule has 0 unspecified atom stereocenters. The van der Waals surface area contributed by atoms with E-state index in [4.69, 9.17) is 0 Å². The van der Waals surface area contributed by atoms with Crippen molar-refractivity contribution in [2.75, 3.05) is 19.0 Å². The van der Waals surface area contributed by atoms with Crippen molar-refractivity contribution in [1.29, 1.82) is 0 Å². The Balaban J connectivity index is 2.14. The summed E-state index contributed by atoms with van der Waals surface area (Å²) in [6.07, 6.45) is 3.50. The maximum atomic E-state index is 10.0. The zero-order chi connectivity index (χ0) is 15.1. The van der Waals surface area contributed by atoms with Gasteiger partial charge in [0.25, 0.3) is 0 Å². The van der Waals surface area contributed by atoms with Crippen LogP contribution >= 0.6 is 0 Å². The monoisotopic (exact) mass is 282 g/mol. The van der Waals surface area contributed by atoms with E-state index in [-0.39, 0.29) is 5.88 Å². The van der Waals surface area contributed by atoms with Gasteiger partial charge in [-0.3, -0.25) is 9.38 Å². The molecule has 0 atom stereocenters. The average Bonchev–Trinajstić information content (AvgIpc) is 2.74. The molecule has 2 aromatic heterocycles. The fourth-order valence-corrected chi connectivity index (χ4v) is 2.41. The first kappa shape index (κ1) is 13.4. The van der Waals surface area contributed by atoms with Crippen LogP contribution < -0.4 is 4.90 Å². The van der Waals surface area contributed by atoms with Gasteiger partial charge < -0.3 is 10.0 Å². The fraction of sp³-hybridized carbons (Fsp3) is 0.250. The summed E-state index contributed by atoms with van der Waals surface area (Å²) >= 11 is 0. The maximum Gasteiger partial charge on any atom is 0.219 e. The van der Waals surface area contributed by atoms with Gasteiger partial charge in [0.1, 0.15) is 5.69 Å². The molecule has 0 aliphatic heterocycles. The van der Waals surface area contributed by atoms with Crippen molar-refractivity contribution < 1.29 is 5.11 Å². The third kappa shape index (κ3) is 2.20. The molecule has 0 aliphatic rings. The molecule has 0 bridgehead atoms. The van der Waals surface area contributed by atoms with Crippen LogP contribution in [0, 0.1) is 13.8 Å². The fourth-order valence-electron chi connectivity index (χ4n) is 2.41. The number of rotatable bonds is 2. The Bertz CT molecular complexity index is 821. The van der Waals surface area contributed by atoms with Gasteiger partial charge in [-0.15, -0.1) is 0 Å². The normalized spacial score (nSPS) is 11.0. The van der Waals surface area contributed by atoms with E-state index in [1.54, 1.807) is 17.5 Å². The summed E-state index contributed by atoms with van der Waals surface area (Å²) in [5.41, 5.74) is 5.42. The van der Waals surface area contributed by atoms with Crippen LogP contribution in [0.5, 0.6) is 5.88 Å². The van der Waals surface area contributed by atoms with Gasteiger partial charge in [0.05, 0.1) is 11.9 Å². The highest BCUT2D eigenvalue weighted by Crippen LogP contribution is 2.27. The minimum Gasteiger partial charge on any atom is -0.493 e. The maximum absolute atomic E-state index is 10.0. The van der Waals surface area contributed by atoms with Gasteiger partial charge in [-0.1, -0.05) is 6.07 Å². The average molecular weight is 282 g/mol. The second-order valence-corrected chi connectivity index (χ2v) is 5.42. The molecule has 108 valence electrons. The van der Waals surface area contributed by atoms with Gasteiger partial charge in [0, 0.05) is 31.5 Å². The molecule has 3 aromatic rings. The zero-order valence-electron chi connectivity index (χ0n) is 12.6. The van der Waals surface area contributed by atoms with Crippen LogP contribution in [0.3, 0.4) is 0 Å². The number of fused-ring (bicyclic) bond motifs is 1. The number of anilines is 1. The van der Waals surface area contributed by atoms with E-state index < -0.39 is 0 Å². The molecule has 0 saturated carbocycles. The Labute approximate surface area is 123 Å². The standard InChI is InChI=1S/C16H18N4O/c1-10-7-12(19(3)4)5-6-13(10)14-9-20-15(8-17-14)18-11(2)16(20)21/h5-9,21H,1-4H3. The van der Waals surface area contributed by atoms with Crippen LogP contribution in [-0.4, -0.2) is 33.6 Å². The molecular formula is C16H18N4O. The topological polar surface area (TPSA) is 53.7 Å². The lowest BCUT2D eigenvalue weighted by molar-refractivity contribution is 0.444. The molecule has 1 N–H and O–H groups in total. The Morgan fingerprint density at radius 3 is 2.62 bits per heavy atom. The van der Waals surface area contributed by atoms with Crippen molar-refractivity contribution in [3.05, 3.63) is 41.9 Å². The highest BCUT2D eigenvalue weighted by Gasteiger charge is 2.11. The smallest absolute Gasteiger partial charge is 0.219 e. The molecule has 21 heavy (non-hydrogen) atoms. The number of nitrogens with zero attached hydrogens (tertiary/aromatic N) is 4. The van der Waals surface area contributed by atoms with Crippen LogP contribution in [0.25, 0.3) is 16.9 Å². The van der Waals surface area contributed by atoms with E-state index in [0.29, 0.717) is 11.3 Å². The SMILES string of the molecule is Cc1cc(N(C)C)ccc1-c1cn2c(O)c(C)nc2cn1. The summed E-state index contributed by atoms with van der Waals surface area (Å²) in [7, 11) is 4.04. The molecule has 0 aliphatic carbocycles. The van der Waals surface area contributed by atoms with Crippen molar-refractivity contribution in [3.8, 4) is 17.1 Å². The van der Waals surface area contributed by atoms with Gasteiger partial charge in [-0.25, -0.2) is 4.98 Å². The Morgan fingerprint density at radius 1 is 1.19 bits per heavy atom. The second kappa shape index (κ2) is 4.77. The first-order valence-electron chi connectivity index (χ1n) is 6.79. The summed E-state index contributed by atoms with van der Waals surface area (Å²) in [6, 6.07) is 6.24. The molecule has 0 saturated heterocycles. The molecule has 0 radical (unpaired) electrons. The van der Waals surface area contributed by atoms with Crippen molar-refractivity contribution in [2.45, 2.75) is 13.8 Å². The van der Waals surface area contributed by atoms with E-state index in [9.17, 15) is 5.11 Å². The number of hydrogen-bond donors (Lipinski definition) is 1. The minimum absolute atomic E-state index is 0.163. The molecule has 5 heteroatoms. The quantitative estimate of drug-likeness (QED) is 0.785. The van der Waals surface area contributed by atoms with Gasteiger partial charge in [0.2, 0.25) is 5.88 Å². The molecule has 0 amide bonds. The van der Waals surface area contributed by atoms with Crippen LogP contribution in [-0.2, 0) is 0 Å². The number of aromatic nitrogens is 3. The van der Waals surface area contributed by atoms with Crippen LogP contribution in [0.15, 0.2) is 30.6 Å². The van der Waals surface area contributed by atoms with E-state index in [0.717, 1.165) is 22.5 Å². The van der Waals surface area contributed by atoms with E-state index in [1.165, 1.54) is 0 Å². The van der Waals surface area contributed by atoms with Crippen molar-refractivity contribution in [1.82, 2.24) is 14.4 Å². The predicted molar refractivity (Wildman–Crippen MR) is 83.9 cm³/mol. The summed E-state index contributed by atoms with van der Waals surface area (Å²) in [5, 5.41) is 10.0. The molecule has 1 aromatic carbocycles. The summed E-state index contributed by atoms with van der Waals surface area (Å²) < 4.78 is 1.66. The zero-order valence-corrected chi connectivity index (χ0v) is 12.6. The van der Waals surface area contributed by atoms with E-state index in [2.05, 4.69) is 40.0 Å². The van der Waals surface area contributed by atoms with Crippen LogP contribution in [0.4, 0.5) is 5.69 Å². The molecule has 0 spiro atoms. The minimum atomic E-state index is 0.163. The lowest BCUT2D eigenvalue weighted by atomic mass is 10.0. The number of hydrogen-bond acceptors (Lipinski definition) is 4. The summed E-state index contributed by atoms with van der Waals surface area (Å²) in [6.45, 7) is 3.84. The number of benzene rings is 1. The van der Waals surface area contributed by atoms with Gasteiger partial charge in [0.15, 0.2) is 5.65 Å². The lowest BCUT2D eigenvalue weighted by Gasteiger charge is -2.15. The Kier molecular flexibility index (Phi) is 3.05. The van der Waals surface area contributed by atoms with Crippen molar-refractivity contribution >= 4 is 11.3 Å². The lowest BCUT2D eigenvalue weighted by Crippen LogP contribution is -2.08. The summed E-state index contributed by atoms with van der Waals surface area (Å²) in [5.74, 6) is 0.163. The molecule has 2 heterocycles. The van der Waals surface area contributed by atoms with Gasteiger partial charge in [-0.05, 0) is 31.5 Å². The predicted octanol–water partition coefficient (Wildman–Crippen LogP) is 2.78. The van der Waals surface area contributed by atoms with Crippen molar-refractivity contribution in [2.24, 2.45) is 0 Å². The van der Waals surface area contributed by atoms with Gasteiger partial charge in [-0.2, -0.15) is 0 Å². The third-order valence-electron chi connectivity index (χ3n) is 3.65. The number of aryl methyl sites for hydroxylation is 2. The number of aromatic hydroxyl groups is 1. The highest BCUT2D eigenvalue weighted by atomic mass is 16.3. The first-order chi connectivity index (χ1) is 9.97. The van der Waals surface area contributed by atoms with Gasteiger partial charge >= 0.3 is 0 Å². The highest BCUT2D eigenvalue weighted by molar-refractivity contribution is 5.68. The number of imidazole rings is 1. The van der Waals surface area contributed by atoms with Crippen LogP contribution in [0.1, 0.15) is 11.3 Å². The largest absolute Gasteiger partial charge is 0.493 e. The second-order valence-electron chi connectivity index (χ2n) is 5.42. The Hall–Kier alpha value is -2.56. The molecule has 3 rings (SSSR count). The first-order valence-corrected chi connectivity index (χ1v) is 6.79. The summed E-state index contributed by atoms with van der Waals surface area (Å²) in [4.78, 5) is 10.8. The Morgan fingerprint density at radius 2 is 1.95 bits per heavy atom. The van der Waals surface area contributed by atoms with E-state index in [1.807, 2.05) is 20.3 Å². The van der Waals surface area contributed by atoms with E-state index >= 15 is 0 Å². The molecular weight excluding hydrogens is 264 g/mol.